The van der Waals surface area contributed by atoms with Crippen LogP contribution in [0.1, 0.15) is 5.56 Å². The highest BCUT2D eigenvalue weighted by molar-refractivity contribution is 5.89. The van der Waals surface area contributed by atoms with Gasteiger partial charge in [-0.25, -0.2) is 4.79 Å². The Morgan fingerprint density at radius 3 is 2.33 bits per heavy atom. The fourth-order valence-corrected chi connectivity index (χ4v) is 2.10. The van der Waals surface area contributed by atoms with Crippen molar-refractivity contribution in [2.24, 2.45) is 0 Å². The molecule has 0 saturated heterocycles. The largest absolute Gasteiger partial charge is 0.519 e. The van der Waals surface area contributed by atoms with Crippen molar-refractivity contribution in [2.45, 2.75) is 6.92 Å². The Bertz CT molecular complexity index is 771. The molecule has 3 heteroatoms. The Kier molecular flexibility index (Phi) is 3.56. The molecule has 0 saturated carbocycles. The summed E-state index contributed by atoms with van der Waals surface area (Å²) in [6, 6.07) is 20.5. The molecule has 0 aromatic heterocycles. The Hall–Kier alpha value is -2.81. The van der Waals surface area contributed by atoms with E-state index in [0.29, 0.717) is 11.5 Å². The lowest BCUT2D eigenvalue weighted by Gasteiger charge is -2.08. The number of ether oxygens (including phenoxy) is 2. The van der Waals surface area contributed by atoms with Crippen LogP contribution < -0.4 is 9.47 Å². The third kappa shape index (κ3) is 3.03. The molecule has 0 aliphatic rings. The first kappa shape index (κ1) is 13.2. The van der Waals surface area contributed by atoms with Gasteiger partial charge in [0.05, 0.1) is 0 Å². The van der Waals surface area contributed by atoms with E-state index in [9.17, 15) is 4.79 Å². The monoisotopic (exact) mass is 278 g/mol. The van der Waals surface area contributed by atoms with Crippen molar-refractivity contribution in [1.82, 2.24) is 0 Å². The lowest BCUT2D eigenvalue weighted by molar-refractivity contribution is 0.152. The van der Waals surface area contributed by atoms with Crippen LogP contribution in [0, 0.1) is 6.92 Å². The Morgan fingerprint density at radius 1 is 0.810 bits per heavy atom. The average Bonchev–Trinajstić information content (AvgIpc) is 2.50. The summed E-state index contributed by atoms with van der Waals surface area (Å²) in [6.45, 7) is 1.97. The fraction of sp³-hybridized carbons (Fsp3) is 0.0556. The first-order valence-corrected chi connectivity index (χ1v) is 6.66. The Balaban J connectivity index is 1.79. The lowest BCUT2D eigenvalue weighted by Crippen LogP contribution is -2.13. The predicted octanol–water partition coefficient (Wildman–Crippen LogP) is 4.73. The van der Waals surface area contributed by atoms with Gasteiger partial charge in [-0.1, -0.05) is 54.1 Å². The molecule has 3 aromatic rings. The van der Waals surface area contributed by atoms with Crippen molar-refractivity contribution >= 4 is 16.9 Å². The molecule has 0 aliphatic carbocycles. The molecule has 0 radical (unpaired) electrons. The van der Waals surface area contributed by atoms with Crippen molar-refractivity contribution in [1.29, 1.82) is 0 Å². The third-order valence-electron chi connectivity index (χ3n) is 3.17. The van der Waals surface area contributed by atoms with Crippen LogP contribution in [0.5, 0.6) is 11.5 Å². The number of benzene rings is 3. The maximum Gasteiger partial charge on any atom is 0.519 e. The van der Waals surface area contributed by atoms with Gasteiger partial charge in [0, 0.05) is 5.39 Å². The van der Waals surface area contributed by atoms with Crippen LogP contribution in [0.4, 0.5) is 4.79 Å². The van der Waals surface area contributed by atoms with Crippen LogP contribution in [-0.4, -0.2) is 6.16 Å². The minimum absolute atomic E-state index is 0.464. The topological polar surface area (TPSA) is 35.5 Å². The number of carbonyl (C=O) groups excluding carboxylic acids is 1. The van der Waals surface area contributed by atoms with Gasteiger partial charge in [-0.05, 0) is 30.5 Å². The van der Waals surface area contributed by atoms with Crippen LogP contribution in [0.3, 0.4) is 0 Å². The number of hydrogen-bond acceptors (Lipinski definition) is 3. The van der Waals surface area contributed by atoms with E-state index in [1.807, 2.05) is 55.5 Å². The molecule has 0 unspecified atom stereocenters. The number of fused-ring (bicyclic) bond motifs is 1. The highest BCUT2D eigenvalue weighted by Gasteiger charge is 2.10. The second-order valence-electron chi connectivity index (χ2n) is 4.74. The van der Waals surface area contributed by atoms with Gasteiger partial charge >= 0.3 is 6.16 Å². The third-order valence-corrected chi connectivity index (χ3v) is 3.17. The molecule has 0 amide bonds. The maximum atomic E-state index is 11.9. The van der Waals surface area contributed by atoms with Crippen molar-refractivity contribution in [3.63, 3.8) is 0 Å². The second-order valence-corrected chi connectivity index (χ2v) is 4.74. The lowest BCUT2D eigenvalue weighted by atomic mass is 10.1. The normalized spacial score (nSPS) is 10.3. The molecule has 0 aliphatic heterocycles. The maximum absolute atomic E-state index is 11.9. The number of rotatable bonds is 2. The molecule has 104 valence electrons. The van der Waals surface area contributed by atoms with Crippen molar-refractivity contribution in [2.75, 3.05) is 0 Å². The van der Waals surface area contributed by atoms with Crippen molar-refractivity contribution in [3.8, 4) is 11.5 Å². The first-order chi connectivity index (χ1) is 10.2. The zero-order valence-corrected chi connectivity index (χ0v) is 11.6. The first-order valence-electron chi connectivity index (χ1n) is 6.66. The molecule has 0 fully saturated rings. The smallest absolute Gasteiger partial charge is 0.395 e. The van der Waals surface area contributed by atoms with Crippen LogP contribution >= 0.6 is 0 Å². The van der Waals surface area contributed by atoms with Crippen LogP contribution in [-0.2, 0) is 0 Å². The molecular formula is C18H14O3. The minimum atomic E-state index is -0.741. The van der Waals surface area contributed by atoms with Gasteiger partial charge in [-0.15, -0.1) is 0 Å². The molecule has 0 N–H and O–H groups in total. The summed E-state index contributed by atoms with van der Waals surface area (Å²) in [5.74, 6) is 0.955. The Morgan fingerprint density at radius 2 is 1.52 bits per heavy atom. The fourth-order valence-electron chi connectivity index (χ4n) is 2.10. The van der Waals surface area contributed by atoms with E-state index in [1.54, 1.807) is 18.2 Å². The standard InChI is InChI=1S/C18H14O3/c1-13-9-11-15(12-10-13)20-18(19)21-17-8-4-6-14-5-2-3-7-16(14)17/h2-12H,1H3. The van der Waals surface area contributed by atoms with Crippen LogP contribution in [0.15, 0.2) is 66.7 Å². The van der Waals surface area contributed by atoms with E-state index in [4.69, 9.17) is 9.47 Å². The summed E-state index contributed by atoms with van der Waals surface area (Å²) in [4.78, 5) is 11.9. The minimum Gasteiger partial charge on any atom is -0.395 e. The van der Waals surface area contributed by atoms with Crippen LogP contribution in [0.2, 0.25) is 0 Å². The Labute approximate surface area is 122 Å². The predicted molar refractivity (Wildman–Crippen MR) is 81.8 cm³/mol. The molecule has 0 bridgehead atoms. The SMILES string of the molecule is Cc1ccc(OC(=O)Oc2cccc3ccccc23)cc1. The van der Waals surface area contributed by atoms with Gasteiger partial charge in [0.15, 0.2) is 0 Å². The molecule has 21 heavy (non-hydrogen) atoms. The summed E-state index contributed by atoms with van der Waals surface area (Å²) in [7, 11) is 0. The van der Waals surface area contributed by atoms with Gasteiger partial charge in [0.25, 0.3) is 0 Å². The summed E-state index contributed by atoms with van der Waals surface area (Å²) in [5, 5.41) is 1.89. The zero-order chi connectivity index (χ0) is 14.7. The van der Waals surface area contributed by atoms with Gasteiger partial charge in [-0.2, -0.15) is 0 Å². The van der Waals surface area contributed by atoms with Crippen molar-refractivity contribution < 1.29 is 14.3 Å². The second kappa shape index (κ2) is 5.67. The van der Waals surface area contributed by atoms with Crippen molar-refractivity contribution in [3.05, 3.63) is 72.3 Å². The van der Waals surface area contributed by atoms with Gasteiger partial charge < -0.3 is 9.47 Å². The van der Waals surface area contributed by atoms with E-state index in [-0.39, 0.29) is 0 Å². The van der Waals surface area contributed by atoms with Gasteiger partial charge in [0.1, 0.15) is 11.5 Å². The average molecular weight is 278 g/mol. The molecule has 0 atom stereocenters. The van der Waals surface area contributed by atoms with E-state index in [0.717, 1.165) is 16.3 Å². The summed E-state index contributed by atoms with van der Waals surface area (Å²) in [5.41, 5.74) is 1.10. The molecule has 3 aromatic carbocycles. The highest BCUT2D eigenvalue weighted by atomic mass is 16.7. The molecule has 3 nitrogen and oxygen atoms in total. The number of carbonyl (C=O) groups is 1. The quantitative estimate of drug-likeness (QED) is 0.502. The summed E-state index contributed by atoms with van der Waals surface area (Å²) >= 11 is 0. The molecule has 0 heterocycles. The van der Waals surface area contributed by atoms with E-state index in [2.05, 4.69) is 0 Å². The van der Waals surface area contributed by atoms with E-state index < -0.39 is 6.16 Å². The van der Waals surface area contributed by atoms with Crippen LogP contribution in [0.25, 0.3) is 10.8 Å². The molecule has 3 rings (SSSR count). The zero-order valence-electron chi connectivity index (χ0n) is 11.6. The number of aryl methyl sites for hydroxylation is 1. The van der Waals surface area contributed by atoms with E-state index >= 15 is 0 Å². The van der Waals surface area contributed by atoms with Gasteiger partial charge in [0.2, 0.25) is 0 Å². The summed E-state index contributed by atoms with van der Waals surface area (Å²) < 4.78 is 10.5. The molecule has 0 spiro atoms. The van der Waals surface area contributed by atoms with Gasteiger partial charge in [-0.3, -0.25) is 0 Å². The molecular weight excluding hydrogens is 264 g/mol. The highest BCUT2D eigenvalue weighted by Crippen LogP contribution is 2.25. The number of hydrogen-bond donors (Lipinski definition) is 0. The van der Waals surface area contributed by atoms with E-state index in [1.165, 1.54) is 0 Å². The summed E-state index contributed by atoms with van der Waals surface area (Å²) in [6.07, 6.45) is -0.741.